The van der Waals surface area contributed by atoms with Crippen molar-refractivity contribution in [2.24, 2.45) is 0 Å². The number of aldehydes is 1. The largest absolute Gasteiger partial charge is 0.317 e. The van der Waals surface area contributed by atoms with Crippen molar-refractivity contribution < 1.29 is 4.79 Å². The molecule has 0 spiro atoms. The van der Waals surface area contributed by atoms with Crippen molar-refractivity contribution in [3.05, 3.63) is 66.2 Å². The average molecular weight is 295 g/mol. The highest BCUT2D eigenvalue weighted by atomic mass is 16.1. The van der Waals surface area contributed by atoms with E-state index in [0.29, 0.717) is 0 Å². The normalized spacial score (nSPS) is 28.5. The molecule has 0 amide bonds. The van der Waals surface area contributed by atoms with Crippen molar-refractivity contribution in [2.45, 2.75) is 31.6 Å². The van der Waals surface area contributed by atoms with Crippen molar-refractivity contribution in [3.8, 4) is 0 Å². The zero-order chi connectivity index (χ0) is 15.6. The van der Waals surface area contributed by atoms with Crippen LogP contribution in [0.4, 0.5) is 5.69 Å². The molecule has 0 aliphatic carbocycles. The molecule has 1 heterocycles. The molecule has 1 saturated heterocycles. The van der Waals surface area contributed by atoms with Gasteiger partial charge in [0.2, 0.25) is 0 Å². The van der Waals surface area contributed by atoms with Crippen molar-refractivity contribution in [1.29, 1.82) is 0 Å². The fraction of sp³-hybridized carbons (Fsp3) is 0.278. The highest BCUT2D eigenvalue weighted by Crippen LogP contribution is 2.34. The van der Waals surface area contributed by atoms with E-state index in [-0.39, 0.29) is 12.2 Å². The van der Waals surface area contributed by atoms with Crippen LogP contribution < -0.4 is 10.7 Å². The number of hydrogen-bond donors (Lipinski definition) is 2. The molecule has 4 heteroatoms. The van der Waals surface area contributed by atoms with E-state index >= 15 is 0 Å². The fourth-order valence-electron chi connectivity index (χ4n) is 3.18. The van der Waals surface area contributed by atoms with Crippen molar-refractivity contribution >= 4 is 12.0 Å². The molecule has 2 aromatic rings. The van der Waals surface area contributed by atoms with Gasteiger partial charge < -0.3 is 10.2 Å². The maximum Gasteiger partial charge on any atom is 0.141 e. The standard InChI is InChI=1S/C18H21N3O/c1-14-19-18(2,15-9-5-3-6-10-15)17(13-22)21(14)20-16-11-7-4-8-12-16/h3-14,17,19-20H,1-2H3. The molecule has 114 valence electrons. The van der Waals surface area contributed by atoms with E-state index in [9.17, 15) is 4.79 Å². The Kier molecular flexibility index (Phi) is 3.96. The van der Waals surface area contributed by atoms with Gasteiger partial charge in [0, 0.05) is 5.69 Å². The van der Waals surface area contributed by atoms with E-state index in [1.165, 1.54) is 0 Å². The van der Waals surface area contributed by atoms with Crippen LogP contribution in [0.1, 0.15) is 19.4 Å². The SMILES string of the molecule is CC1NC(C)(c2ccccc2)C(C=O)N1Nc1ccccc1. The van der Waals surface area contributed by atoms with Gasteiger partial charge in [0.15, 0.2) is 0 Å². The molecule has 0 saturated carbocycles. The molecule has 2 N–H and O–H groups in total. The van der Waals surface area contributed by atoms with E-state index < -0.39 is 5.54 Å². The first-order valence-electron chi connectivity index (χ1n) is 7.54. The third kappa shape index (κ3) is 2.51. The molecule has 4 nitrogen and oxygen atoms in total. The topological polar surface area (TPSA) is 44.4 Å². The van der Waals surface area contributed by atoms with Gasteiger partial charge in [-0.15, -0.1) is 0 Å². The van der Waals surface area contributed by atoms with Crippen LogP contribution in [0.15, 0.2) is 60.7 Å². The molecule has 3 atom stereocenters. The van der Waals surface area contributed by atoms with Gasteiger partial charge in [0.05, 0.1) is 11.7 Å². The van der Waals surface area contributed by atoms with Crippen LogP contribution in [-0.4, -0.2) is 23.5 Å². The number of rotatable bonds is 4. The van der Waals surface area contributed by atoms with E-state index in [1.54, 1.807) is 0 Å². The Hall–Kier alpha value is -2.17. The summed E-state index contributed by atoms with van der Waals surface area (Å²) < 4.78 is 0. The van der Waals surface area contributed by atoms with E-state index in [1.807, 2.05) is 53.5 Å². The molecule has 1 aliphatic rings. The lowest BCUT2D eigenvalue weighted by molar-refractivity contribution is -0.112. The molecule has 0 bridgehead atoms. The molecule has 1 aliphatic heterocycles. The van der Waals surface area contributed by atoms with Gasteiger partial charge in [-0.05, 0) is 31.5 Å². The van der Waals surface area contributed by atoms with Crippen LogP contribution in [0, 0.1) is 0 Å². The minimum Gasteiger partial charge on any atom is -0.317 e. The Labute approximate surface area is 131 Å². The summed E-state index contributed by atoms with van der Waals surface area (Å²) in [4.78, 5) is 11.8. The molecule has 1 fully saturated rings. The lowest BCUT2D eigenvalue weighted by atomic mass is 9.86. The Balaban J connectivity index is 1.91. The number of carbonyl (C=O) groups is 1. The first-order chi connectivity index (χ1) is 10.6. The first kappa shape index (κ1) is 14.8. The quantitative estimate of drug-likeness (QED) is 0.851. The minimum absolute atomic E-state index is 0.0283. The van der Waals surface area contributed by atoms with Gasteiger partial charge in [0.1, 0.15) is 12.3 Å². The summed E-state index contributed by atoms with van der Waals surface area (Å²) in [5.41, 5.74) is 5.01. The predicted octanol–water partition coefficient (Wildman–Crippen LogP) is 2.75. The fourth-order valence-corrected chi connectivity index (χ4v) is 3.18. The predicted molar refractivity (Wildman–Crippen MR) is 88.1 cm³/mol. The maximum absolute atomic E-state index is 11.8. The molecule has 3 rings (SSSR count). The third-order valence-corrected chi connectivity index (χ3v) is 4.35. The molecule has 0 radical (unpaired) electrons. The van der Waals surface area contributed by atoms with Crippen molar-refractivity contribution in [1.82, 2.24) is 10.3 Å². The Morgan fingerprint density at radius 1 is 1.09 bits per heavy atom. The summed E-state index contributed by atoms with van der Waals surface area (Å²) in [6.45, 7) is 4.13. The summed E-state index contributed by atoms with van der Waals surface area (Å²) in [7, 11) is 0. The number of hydrogen-bond acceptors (Lipinski definition) is 4. The summed E-state index contributed by atoms with van der Waals surface area (Å²) in [5, 5.41) is 5.53. The minimum atomic E-state index is -0.426. The second-order valence-corrected chi connectivity index (χ2v) is 5.85. The third-order valence-electron chi connectivity index (χ3n) is 4.35. The van der Waals surface area contributed by atoms with Crippen molar-refractivity contribution in [3.63, 3.8) is 0 Å². The van der Waals surface area contributed by atoms with Crippen molar-refractivity contribution in [2.75, 3.05) is 5.43 Å². The van der Waals surface area contributed by atoms with Crippen LogP contribution in [0.2, 0.25) is 0 Å². The van der Waals surface area contributed by atoms with E-state index in [2.05, 4.69) is 36.7 Å². The monoisotopic (exact) mass is 295 g/mol. The van der Waals surface area contributed by atoms with Gasteiger partial charge >= 0.3 is 0 Å². The summed E-state index contributed by atoms with van der Waals surface area (Å²) in [6, 6.07) is 19.7. The zero-order valence-corrected chi connectivity index (χ0v) is 12.9. The smallest absolute Gasteiger partial charge is 0.141 e. The molecular weight excluding hydrogens is 274 g/mol. The second-order valence-electron chi connectivity index (χ2n) is 5.85. The number of para-hydroxylation sites is 1. The van der Waals surface area contributed by atoms with Crippen LogP contribution >= 0.6 is 0 Å². The highest BCUT2D eigenvalue weighted by molar-refractivity contribution is 5.64. The second kappa shape index (κ2) is 5.91. The van der Waals surface area contributed by atoms with Crippen LogP contribution in [-0.2, 0) is 10.3 Å². The molecular formula is C18H21N3O. The van der Waals surface area contributed by atoms with E-state index in [0.717, 1.165) is 17.5 Å². The number of nitrogens with zero attached hydrogens (tertiary/aromatic N) is 1. The highest BCUT2D eigenvalue weighted by Gasteiger charge is 2.48. The zero-order valence-electron chi connectivity index (χ0n) is 12.9. The van der Waals surface area contributed by atoms with Gasteiger partial charge in [0.25, 0.3) is 0 Å². The summed E-state index contributed by atoms with van der Waals surface area (Å²) in [6.07, 6.45) is 1.04. The number of hydrazine groups is 1. The molecule has 3 unspecified atom stereocenters. The Bertz CT molecular complexity index is 631. The van der Waals surface area contributed by atoms with Gasteiger partial charge in [-0.1, -0.05) is 48.5 Å². The first-order valence-corrected chi connectivity index (χ1v) is 7.54. The number of nitrogens with one attached hydrogen (secondary N) is 2. The number of benzene rings is 2. The maximum atomic E-state index is 11.8. The molecule has 2 aromatic carbocycles. The summed E-state index contributed by atoms with van der Waals surface area (Å²) in [5.74, 6) is 0. The van der Waals surface area contributed by atoms with Crippen LogP contribution in [0.5, 0.6) is 0 Å². The Morgan fingerprint density at radius 2 is 1.68 bits per heavy atom. The van der Waals surface area contributed by atoms with Gasteiger partial charge in [-0.3, -0.25) is 5.32 Å². The average Bonchev–Trinajstić information content (AvgIpc) is 2.80. The summed E-state index contributed by atoms with van der Waals surface area (Å²) >= 11 is 0. The number of anilines is 1. The Morgan fingerprint density at radius 3 is 2.27 bits per heavy atom. The number of carbonyl (C=O) groups excluding carboxylic acids is 1. The van der Waals surface area contributed by atoms with Gasteiger partial charge in [-0.25, -0.2) is 0 Å². The van der Waals surface area contributed by atoms with E-state index in [4.69, 9.17) is 0 Å². The van der Waals surface area contributed by atoms with Gasteiger partial charge in [-0.2, -0.15) is 5.01 Å². The van der Waals surface area contributed by atoms with Crippen LogP contribution in [0.25, 0.3) is 0 Å². The molecule has 22 heavy (non-hydrogen) atoms. The molecule has 0 aromatic heterocycles. The van der Waals surface area contributed by atoms with Crippen LogP contribution in [0.3, 0.4) is 0 Å². The lowest BCUT2D eigenvalue weighted by Gasteiger charge is -2.31. The lowest BCUT2D eigenvalue weighted by Crippen LogP contribution is -2.47.